The zero-order valence-corrected chi connectivity index (χ0v) is 25.1. The number of methoxy groups -OCH3 is 2. The summed E-state index contributed by atoms with van der Waals surface area (Å²) in [6, 6.07) is 19.7. The monoisotopic (exact) mass is 604 g/mol. The number of allylic oxidation sites excluding steroid dienone is 1. The van der Waals surface area contributed by atoms with Gasteiger partial charge in [-0.2, -0.15) is 0 Å². The largest absolute Gasteiger partial charge is 0.496 e. The zero-order valence-electron chi connectivity index (χ0n) is 23.5. The van der Waals surface area contributed by atoms with E-state index in [4.69, 9.17) is 30.5 Å². The second kappa shape index (κ2) is 12.7. The average molecular weight is 605 g/mol. The fourth-order valence-corrected chi connectivity index (χ4v) is 6.14. The quantitative estimate of drug-likeness (QED) is 0.249. The van der Waals surface area contributed by atoms with E-state index in [0.717, 1.165) is 5.56 Å². The van der Waals surface area contributed by atoms with Crippen LogP contribution in [0, 0.1) is 0 Å². The van der Waals surface area contributed by atoms with Crippen LogP contribution in [0.15, 0.2) is 87.8 Å². The van der Waals surface area contributed by atoms with E-state index in [0.29, 0.717) is 55.0 Å². The van der Waals surface area contributed by atoms with E-state index in [1.54, 1.807) is 45.2 Å². The van der Waals surface area contributed by atoms with Gasteiger partial charge in [0.1, 0.15) is 18.4 Å². The van der Waals surface area contributed by atoms with Crippen LogP contribution in [0.4, 0.5) is 0 Å². The van der Waals surface area contributed by atoms with Gasteiger partial charge in [-0.15, -0.1) is 0 Å². The van der Waals surface area contributed by atoms with Crippen LogP contribution < -0.4 is 29.1 Å². The van der Waals surface area contributed by atoms with Crippen molar-refractivity contribution < 1.29 is 23.7 Å². The molecule has 1 aliphatic heterocycles. The third-order valence-corrected chi connectivity index (χ3v) is 7.99. The van der Waals surface area contributed by atoms with Crippen molar-refractivity contribution in [1.82, 2.24) is 4.57 Å². The summed E-state index contributed by atoms with van der Waals surface area (Å²) in [5, 5.41) is 0.344. The molecule has 0 radical (unpaired) electrons. The molecule has 2 heterocycles. The van der Waals surface area contributed by atoms with Crippen molar-refractivity contribution >= 4 is 35.0 Å². The lowest BCUT2D eigenvalue weighted by Gasteiger charge is -2.25. The standard InChI is InChI=1S/C32H29ClN2O6S/c1-5-40-31(37)27-19(2)34-32-35(28(27)22-13-9-10-14-24(22)38-3)30(36)26(42-32)17-21-15-23(33)29(25(16-21)39-4)41-18-20-11-7-6-8-12-20/h6-17,28H,5,18H2,1-4H3/b26-17-/t28-/m0/s1. The van der Waals surface area contributed by atoms with Gasteiger partial charge in [0.05, 0.1) is 41.7 Å². The molecular formula is C32H29ClN2O6S. The topological polar surface area (TPSA) is 88.4 Å². The van der Waals surface area contributed by atoms with Crippen molar-refractivity contribution in [2.24, 2.45) is 4.99 Å². The van der Waals surface area contributed by atoms with Gasteiger partial charge in [-0.05, 0) is 49.2 Å². The van der Waals surface area contributed by atoms with Crippen molar-refractivity contribution in [2.45, 2.75) is 26.5 Å². The number of thiazole rings is 1. The van der Waals surface area contributed by atoms with E-state index in [1.165, 1.54) is 23.0 Å². The normalized spacial score (nSPS) is 14.7. The first-order valence-electron chi connectivity index (χ1n) is 13.2. The molecule has 0 N–H and O–H groups in total. The molecule has 0 saturated carbocycles. The predicted octanol–water partition coefficient (Wildman–Crippen LogP) is 5.05. The molecule has 1 aromatic heterocycles. The lowest BCUT2D eigenvalue weighted by atomic mass is 9.95. The first kappa shape index (κ1) is 29.2. The molecule has 0 unspecified atom stereocenters. The fraction of sp³-hybridized carbons (Fsp3) is 0.219. The fourth-order valence-electron chi connectivity index (χ4n) is 4.82. The molecule has 42 heavy (non-hydrogen) atoms. The number of nitrogens with zero attached hydrogens (tertiary/aromatic N) is 2. The Balaban J connectivity index is 1.61. The van der Waals surface area contributed by atoms with Crippen LogP contribution in [0.1, 0.15) is 36.6 Å². The van der Waals surface area contributed by atoms with Crippen molar-refractivity contribution in [3.8, 4) is 17.2 Å². The Bertz CT molecular complexity index is 1840. The highest BCUT2D eigenvalue weighted by Gasteiger charge is 2.35. The molecule has 4 aromatic rings. The van der Waals surface area contributed by atoms with Crippen LogP contribution >= 0.6 is 22.9 Å². The van der Waals surface area contributed by atoms with Gasteiger partial charge >= 0.3 is 5.97 Å². The molecule has 1 aliphatic rings. The SMILES string of the molecule is CCOC(=O)C1=C(C)N=c2s/c(=C\c3cc(Cl)c(OCc4ccccc4)c(OC)c3)c(=O)n2[C@H]1c1ccccc1OC. The van der Waals surface area contributed by atoms with Gasteiger partial charge in [0.25, 0.3) is 5.56 Å². The molecular weight excluding hydrogens is 576 g/mol. The van der Waals surface area contributed by atoms with Crippen molar-refractivity contribution in [2.75, 3.05) is 20.8 Å². The van der Waals surface area contributed by atoms with Gasteiger partial charge < -0.3 is 18.9 Å². The van der Waals surface area contributed by atoms with Gasteiger partial charge in [-0.1, -0.05) is 71.5 Å². The number of hydrogen-bond acceptors (Lipinski definition) is 8. The number of carbonyl (C=O) groups excluding carboxylic acids is 1. The van der Waals surface area contributed by atoms with E-state index in [-0.39, 0.29) is 17.7 Å². The Morgan fingerprint density at radius 1 is 1.05 bits per heavy atom. The number of esters is 1. The molecule has 1 atom stereocenters. The number of ether oxygens (including phenoxy) is 4. The van der Waals surface area contributed by atoms with Crippen LogP contribution in [-0.4, -0.2) is 31.4 Å². The van der Waals surface area contributed by atoms with Crippen LogP contribution in [0.2, 0.25) is 5.02 Å². The molecule has 0 spiro atoms. The van der Waals surface area contributed by atoms with E-state index < -0.39 is 12.0 Å². The summed E-state index contributed by atoms with van der Waals surface area (Å²) in [6.07, 6.45) is 1.72. The lowest BCUT2D eigenvalue weighted by molar-refractivity contribution is -0.139. The minimum Gasteiger partial charge on any atom is -0.496 e. The minimum atomic E-state index is -0.787. The Kier molecular flexibility index (Phi) is 8.80. The number of rotatable bonds is 9. The van der Waals surface area contributed by atoms with Crippen molar-refractivity contribution in [3.05, 3.63) is 119 Å². The first-order valence-corrected chi connectivity index (χ1v) is 14.4. The highest BCUT2D eigenvalue weighted by molar-refractivity contribution is 7.07. The molecule has 8 nitrogen and oxygen atoms in total. The lowest BCUT2D eigenvalue weighted by Crippen LogP contribution is -2.40. The van der Waals surface area contributed by atoms with E-state index in [1.807, 2.05) is 48.5 Å². The van der Waals surface area contributed by atoms with Crippen LogP contribution in [-0.2, 0) is 16.1 Å². The third-order valence-electron chi connectivity index (χ3n) is 6.73. The van der Waals surface area contributed by atoms with Crippen molar-refractivity contribution in [3.63, 3.8) is 0 Å². The summed E-state index contributed by atoms with van der Waals surface area (Å²) in [5.74, 6) is 0.847. The maximum atomic E-state index is 14.0. The average Bonchev–Trinajstić information content (AvgIpc) is 3.29. The second-order valence-corrected chi connectivity index (χ2v) is 10.8. The van der Waals surface area contributed by atoms with Crippen LogP contribution in [0.3, 0.4) is 0 Å². The van der Waals surface area contributed by atoms with Crippen LogP contribution in [0.25, 0.3) is 6.08 Å². The molecule has 0 aliphatic carbocycles. The highest BCUT2D eigenvalue weighted by atomic mass is 35.5. The number of hydrogen-bond donors (Lipinski definition) is 0. The van der Waals surface area contributed by atoms with Gasteiger partial charge in [0.15, 0.2) is 16.3 Å². The molecule has 10 heteroatoms. The van der Waals surface area contributed by atoms with E-state index >= 15 is 0 Å². The second-order valence-electron chi connectivity index (χ2n) is 9.35. The molecule has 216 valence electrons. The van der Waals surface area contributed by atoms with Gasteiger partial charge in [0, 0.05) is 5.56 Å². The maximum Gasteiger partial charge on any atom is 0.338 e. The number of aromatic nitrogens is 1. The minimum absolute atomic E-state index is 0.187. The molecule has 3 aromatic carbocycles. The summed E-state index contributed by atoms with van der Waals surface area (Å²) in [4.78, 5) is 32.2. The highest BCUT2D eigenvalue weighted by Crippen LogP contribution is 2.38. The van der Waals surface area contributed by atoms with Gasteiger partial charge in [-0.3, -0.25) is 9.36 Å². The number of carbonyl (C=O) groups is 1. The zero-order chi connectivity index (χ0) is 29.8. The maximum absolute atomic E-state index is 14.0. The summed E-state index contributed by atoms with van der Waals surface area (Å²) in [5.41, 5.74) is 2.72. The first-order chi connectivity index (χ1) is 20.4. The Labute approximate surface area is 251 Å². The van der Waals surface area contributed by atoms with Gasteiger partial charge in [-0.25, -0.2) is 9.79 Å². The molecule has 0 amide bonds. The van der Waals surface area contributed by atoms with Crippen LogP contribution in [0.5, 0.6) is 17.2 Å². The van der Waals surface area contributed by atoms with Gasteiger partial charge in [0.2, 0.25) is 0 Å². The molecule has 0 saturated heterocycles. The Hall–Kier alpha value is -4.34. The summed E-state index contributed by atoms with van der Waals surface area (Å²) >= 11 is 7.85. The number of fused-ring (bicyclic) bond motifs is 1. The predicted molar refractivity (Wildman–Crippen MR) is 162 cm³/mol. The summed E-state index contributed by atoms with van der Waals surface area (Å²) < 4.78 is 24.5. The number of benzene rings is 3. The summed E-state index contributed by atoms with van der Waals surface area (Å²) in [7, 11) is 3.08. The third kappa shape index (κ3) is 5.70. The number of para-hydroxylation sites is 1. The Morgan fingerprint density at radius 2 is 1.76 bits per heavy atom. The summed E-state index contributed by atoms with van der Waals surface area (Å²) in [6.45, 7) is 3.98. The smallest absolute Gasteiger partial charge is 0.338 e. The Morgan fingerprint density at radius 3 is 2.48 bits per heavy atom. The van der Waals surface area contributed by atoms with E-state index in [9.17, 15) is 9.59 Å². The molecule has 5 rings (SSSR count). The number of halogens is 1. The molecule has 0 bridgehead atoms. The van der Waals surface area contributed by atoms with Crippen molar-refractivity contribution in [1.29, 1.82) is 0 Å². The van der Waals surface area contributed by atoms with E-state index in [2.05, 4.69) is 4.99 Å². The molecule has 0 fully saturated rings.